The summed E-state index contributed by atoms with van der Waals surface area (Å²) in [6.07, 6.45) is 2.91. The lowest BCUT2D eigenvalue weighted by atomic mass is 10.0. The summed E-state index contributed by atoms with van der Waals surface area (Å²) in [5.41, 5.74) is 2.23. The Morgan fingerprint density at radius 3 is 2.86 bits per heavy atom. The molecule has 0 fully saturated rings. The SMILES string of the molecule is CCCNC(c1ccc2ncccc2c1)c1ccc(C)o1. The van der Waals surface area contributed by atoms with Crippen molar-refractivity contribution in [3.8, 4) is 0 Å². The zero-order valence-electron chi connectivity index (χ0n) is 12.5. The third kappa shape index (κ3) is 2.98. The summed E-state index contributed by atoms with van der Waals surface area (Å²) in [7, 11) is 0. The van der Waals surface area contributed by atoms with E-state index in [9.17, 15) is 0 Å². The average molecular weight is 280 g/mol. The smallest absolute Gasteiger partial charge is 0.125 e. The van der Waals surface area contributed by atoms with Gasteiger partial charge in [-0.2, -0.15) is 0 Å². The minimum atomic E-state index is 0.0863. The molecular formula is C18H20N2O. The van der Waals surface area contributed by atoms with Gasteiger partial charge in [-0.05, 0) is 55.8 Å². The fraction of sp³-hybridized carbons (Fsp3) is 0.278. The van der Waals surface area contributed by atoms with Crippen LogP contribution in [0, 0.1) is 6.92 Å². The molecule has 0 spiro atoms. The van der Waals surface area contributed by atoms with E-state index in [2.05, 4.69) is 47.6 Å². The maximum absolute atomic E-state index is 5.83. The predicted molar refractivity (Wildman–Crippen MR) is 85.3 cm³/mol. The fourth-order valence-corrected chi connectivity index (χ4v) is 2.55. The van der Waals surface area contributed by atoms with Crippen LogP contribution >= 0.6 is 0 Å². The van der Waals surface area contributed by atoms with Gasteiger partial charge in [0.25, 0.3) is 0 Å². The van der Waals surface area contributed by atoms with E-state index in [4.69, 9.17) is 4.42 Å². The highest BCUT2D eigenvalue weighted by Gasteiger charge is 2.17. The lowest BCUT2D eigenvalue weighted by molar-refractivity contribution is 0.430. The Bertz CT molecular complexity index is 733. The maximum atomic E-state index is 5.83. The van der Waals surface area contributed by atoms with Crippen LogP contribution in [0.25, 0.3) is 10.9 Å². The number of benzene rings is 1. The predicted octanol–water partition coefficient (Wildman–Crippen LogP) is 4.23. The molecule has 0 bridgehead atoms. The Hall–Kier alpha value is -2.13. The van der Waals surface area contributed by atoms with E-state index in [1.54, 1.807) is 0 Å². The zero-order chi connectivity index (χ0) is 14.7. The van der Waals surface area contributed by atoms with Gasteiger partial charge in [-0.3, -0.25) is 4.98 Å². The van der Waals surface area contributed by atoms with Gasteiger partial charge in [0.2, 0.25) is 0 Å². The second kappa shape index (κ2) is 6.10. The van der Waals surface area contributed by atoms with Crippen molar-refractivity contribution < 1.29 is 4.42 Å². The molecule has 0 aliphatic carbocycles. The zero-order valence-corrected chi connectivity index (χ0v) is 12.5. The molecule has 21 heavy (non-hydrogen) atoms. The van der Waals surface area contributed by atoms with Crippen molar-refractivity contribution in [1.82, 2.24) is 10.3 Å². The fourth-order valence-electron chi connectivity index (χ4n) is 2.55. The van der Waals surface area contributed by atoms with Gasteiger partial charge < -0.3 is 9.73 Å². The molecule has 0 aliphatic heterocycles. The van der Waals surface area contributed by atoms with Gasteiger partial charge in [-0.25, -0.2) is 0 Å². The summed E-state index contributed by atoms with van der Waals surface area (Å²) in [6, 6.07) is 14.6. The summed E-state index contributed by atoms with van der Waals surface area (Å²) in [5, 5.41) is 4.72. The molecule has 108 valence electrons. The number of hydrogen-bond acceptors (Lipinski definition) is 3. The Balaban J connectivity index is 2.00. The summed E-state index contributed by atoms with van der Waals surface area (Å²) in [6.45, 7) is 5.10. The lowest BCUT2D eigenvalue weighted by Gasteiger charge is -2.17. The monoisotopic (exact) mass is 280 g/mol. The van der Waals surface area contributed by atoms with Crippen molar-refractivity contribution in [3.05, 3.63) is 65.7 Å². The summed E-state index contributed by atoms with van der Waals surface area (Å²) >= 11 is 0. The average Bonchev–Trinajstić information content (AvgIpc) is 2.94. The van der Waals surface area contributed by atoms with Crippen LogP contribution in [-0.2, 0) is 0 Å². The highest BCUT2D eigenvalue weighted by Crippen LogP contribution is 2.26. The number of hydrogen-bond donors (Lipinski definition) is 1. The molecular weight excluding hydrogens is 260 g/mol. The molecule has 3 nitrogen and oxygen atoms in total. The first-order chi connectivity index (χ1) is 10.3. The van der Waals surface area contributed by atoms with Crippen LogP contribution in [0.2, 0.25) is 0 Å². The Labute approximate surface area is 125 Å². The molecule has 3 rings (SSSR count). The van der Waals surface area contributed by atoms with Gasteiger partial charge in [0.15, 0.2) is 0 Å². The van der Waals surface area contributed by atoms with E-state index in [0.29, 0.717) is 0 Å². The van der Waals surface area contributed by atoms with Gasteiger partial charge in [-0.15, -0.1) is 0 Å². The third-order valence-electron chi connectivity index (χ3n) is 3.60. The first-order valence-electron chi connectivity index (χ1n) is 7.42. The largest absolute Gasteiger partial charge is 0.464 e. The molecule has 3 heteroatoms. The van der Waals surface area contributed by atoms with Crippen molar-refractivity contribution in [3.63, 3.8) is 0 Å². The summed E-state index contributed by atoms with van der Waals surface area (Å²) in [4.78, 5) is 4.38. The molecule has 2 aromatic heterocycles. The molecule has 1 atom stereocenters. The number of furan rings is 1. The quantitative estimate of drug-likeness (QED) is 0.760. The highest BCUT2D eigenvalue weighted by molar-refractivity contribution is 5.79. The minimum absolute atomic E-state index is 0.0863. The highest BCUT2D eigenvalue weighted by atomic mass is 16.3. The number of rotatable bonds is 5. The molecule has 3 aromatic rings. The molecule has 0 saturated heterocycles. The lowest BCUT2D eigenvalue weighted by Crippen LogP contribution is -2.22. The second-order valence-electron chi connectivity index (χ2n) is 5.29. The van der Waals surface area contributed by atoms with Crippen molar-refractivity contribution in [2.24, 2.45) is 0 Å². The number of pyridine rings is 1. The van der Waals surface area contributed by atoms with Crippen LogP contribution in [0.4, 0.5) is 0 Å². The Morgan fingerprint density at radius 2 is 2.10 bits per heavy atom. The molecule has 0 radical (unpaired) electrons. The van der Waals surface area contributed by atoms with Crippen LogP contribution in [0.15, 0.2) is 53.1 Å². The van der Waals surface area contributed by atoms with Crippen LogP contribution in [0.1, 0.15) is 36.5 Å². The molecule has 0 aliphatic rings. The maximum Gasteiger partial charge on any atom is 0.125 e. The molecule has 2 heterocycles. The van der Waals surface area contributed by atoms with E-state index in [1.807, 2.05) is 25.3 Å². The van der Waals surface area contributed by atoms with Gasteiger partial charge in [-0.1, -0.05) is 19.1 Å². The number of aromatic nitrogens is 1. The number of nitrogens with zero attached hydrogens (tertiary/aromatic N) is 1. The van der Waals surface area contributed by atoms with Gasteiger partial charge >= 0.3 is 0 Å². The Morgan fingerprint density at radius 1 is 1.19 bits per heavy atom. The molecule has 0 amide bonds. The van der Waals surface area contributed by atoms with Gasteiger partial charge in [0, 0.05) is 11.6 Å². The standard InChI is InChI=1S/C18H20N2O/c1-3-10-20-18(17-9-6-13(2)21-17)15-7-8-16-14(12-15)5-4-11-19-16/h4-9,11-12,18,20H,3,10H2,1-2H3. The van der Waals surface area contributed by atoms with Gasteiger partial charge in [0.1, 0.15) is 11.5 Å². The van der Waals surface area contributed by atoms with E-state index >= 15 is 0 Å². The number of nitrogens with one attached hydrogen (secondary N) is 1. The number of fused-ring (bicyclic) bond motifs is 1. The normalized spacial score (nSPS) is 12.7. The molecule has 1 aromatic carbocycles. The Kier molecular flexibility index (Phi) is 4.02. The molecule has 0 saturated carbocycles. The molecule has 1 N–H and O–H groups in total. The van der Waals surface area contributed by atoms with Crippen LogP contribution in [0.5, 0.6) is 0 Å². The van der Waals surface area contributed by atoms with Crippen molar-refractivity contribution in [2.45, 2.75) is 26.3 Å². The van der Waals surface area contributed by atoms with Crippen LogP contribution in [0.3, 0.4) is 0 Å². The van der Waals surface area contributed by atoms with E-state index < -0.39 is 0 Å². The first kappa shape index (κ1) is 13.8. The summed E-state index contributed by atoms with van der Waals surface area (Å²) < 4.78 is 5.83. The van der Waals surface area contributed by atoms with Crippen LogP contribution < -0.4 is 5.32 Å². The van der Waals surface area contributed by atoms with Crippen LogP contribution in [-0.4, -0.2) is 11.5 Å². The third-order valence-corrected chi connectivity index (χ3v) is 3.60. The minimum Gasteiger partial charge on any atom is -0.464 e. The van der Waals surface area contributed by atoms with Crippen molar-refractivity contribution in [2.75, 3.05) is 6.54 Å². The van der Waals surface area contributed by atoms with Crippen molar-refractivity contribution in [1.29, 1.82) is 0 Å². The topological polar surface area (TPSA) is 38.1 Å². The number of aryl methyl sites for hydroxylation is 1. The summed E-state index contributed by atoms with van der Waals surface area (Å²) in [5.74, 6) is 1.90. The molecule has 1 unspecified atom stereocenters. The van der Waals surface area contributed by atoms with Crippen molar-refractivity contribution >= 4 is 10.9 Å². The van der Waals surface area contributed by atoms with E-state index in [-0.39, 0.29) is 6.04 Å². The first-order valence-corrected chi connectivity index (χ1v) is 7.42. The van der Waals surface area contributed by atoms with Gasteiger partial charge in [0.05, 0.1) is 11.6 Å². The van der Waals surface area contributed by atoms with E-state index in [1.165, 1.54) is 5.56 Å². The van der Waals surface area contributed by atoms with E-state index in [0.717, 1.165) is 35.4 Å². The second-order valence-corrected chi connectivity index (χ2v) is 5.29.